The second-order valence-corrected chi connectivity index (χ2v) is 7.63. The fourth-order valence-electron chi connectivity index (χ4n) is 3.33. The molecular formula is C19H21ClN4S. The molecule has 0 bridgehead atoms. The van der Waals surface area contributed by atoms with Crippen molar-refractivity contribution >= 4 is 28.6 Å². The lowest BCUT2D eigenvalue weighted by Crippen LogP contribution is -2.47. The third-order valence-corrected chi connectivity index (χ3v) is 5.96. The SMILES string of the molecule is Clc1ccccc1N1CCN(CCc2cn[nH]c2-c2cccs2)CC1. The average molecular weight is 373 g/mol. The molecule has 0 aliphatic carbocycles. The summed E-state index contributed by atoms with van der Waals surface area (Å²) in [5.74, 6) is 0. The van der Waals surface area contributed by atoms with Crippen molar-refractivity contribution in [3.63, 3.8) is 0 Å². The highest BCUT2D eigenvalue weighted by Gasteiger charge is 2.19. The van der Waals surface area contributed by atoms with Crippen molar-refractivity contribution in [2.45, 2.75) is 6.42 Å². The molecule has 0 amide bonds. The van der Waals surface area contributed by atoms with Gasteiger partial charge in [0.15, 0.2) is 0 Å². The Kier molecular flexibility index (Phi) is 5.06. The molecule has 1 saturated heterocycles. The summed E-state index contributed by atoms with van der Waals surface area (Å²) in [5.41, 5.74) is 3.62. The first kappa shape index (κ1) is 16.6. The number of para-hydroxylation sites is 1. The van der Waals surface area contributed by atoms with Crippen LogP contribution in [0.15, 0.2) is 48.0 Å². The molecule has 3 aromatic rings. The number of benzene rings is 1. The lowest BCUT2D eigenvalue weighted by Gasteiger charge is -2.36. The van der Waals surface area contributed by atoms with Crippen LogP contribution in [0.1, 0.15) is 5.56 Å². The van der Waals surface area contributed by atoms with E-state index in [-0.39, 0.29) is 0 Å². The van der Waals surface area contributed by atoms with Crippen molar-refractivity contribution in [2.24, 2.45) is 0 Å². The molecule has 25 heavy (non-hydrogen) atoms. The molecule has 130 valence electrons. The maximum Gasteiger partial charge on any atom is 0.0782 e. The number of H-pyrrole nitrogens is 1. The zero-order chi connectivity index (χ0) is 17.1. The Morgan fingerprint density at radius 3 is 2.68 bits per heavy atom. The average Bonchev–Trinajstić information content (AvgIpc) is 3.32. The molecule has 0 saturated carbocycles. The number of aromatic nitrogens is 2. The first-order chi connectivity index (χ1) is 12.3. The molecule has 3 heterocycles. The molecule has 1 N–H and O–H groups in total. The number of thiophene rings is 1. The fraction of sp³-hybridized carbons (Fsp3) is 0.316. The van der Waals surface area contributed by atoms with Crippen LogP contribution in [0, 0.1) is 0 Å². The van der Waals surface area contributed by atoms with E-state index in [9.17, 15) is 0 Å². The van der Waals surface area contributed by atoms with Crippen LogP contribution < -0.4 is 4.90 Å². The first-order valence-corrected chi connectivity index (χ1v) is 9.85. The number of hydrogen-bond donors (Lipinski definition) is 1. The van der Waals surface area contributed by atoms with Crippen molar-refractivity contribution in [3.8, 4) is 10.6 Å². The third-order valence-electron chi connectivity index (χ3n) is 4.75. The van der Waals surface area contributed by atoms with Gasteiger partial charge in [-0.2, -0.15) is 5.10 Å². The number of piperazine rings is 1. The van der Waals surface area contributed by atoms with E-state index in [1.54, 1.807) is 11.3 Å². The van der Waals surface area contributed by atoms with Gasteiger partial charge in [-0.25, -0.2) is 0 Å². The topological polar surface area (TPSA) is 35.2 Å². The van der Waals surface area contributed by atoms with Crippen molar-refractivity contribution in [1.29, 1.82) is 0 Å². The van der Waals surface area contributed by atoms with Crippen LogP contribution in [0.2, 0.25) is 5.02 Å². The molecule has 4 rings (SSSR count). The van der Waals surface area contributed by atoms with Crippen LogP contribution in [0.5, 0.6) is 0 Å². The summed E-state index contributed by atoms with van der Waals surface area (Å²) in [5, 5.41) is 10.3. The van der Waals surface area contributed by atoms with Crippen molar-refractivity contribution in [3.05, 3.63) is 58.6 Å². The summed E-state index contributed by atoms with van der Waals surface area (Å²) in [4.78, 5) is 6.17. The van der Waals surface area contributed by atoms with E-state index in [2.05, 4.69) is 49.6 Å². The minimum Gasteiger partial charge on any atom is -0.368 e. The summed E-state index contributed by atoms with van der Waals surface area (Å²) in [6, 6.07) is 12.3. The predicted molar refractivity (Wildman–Crippen MR) is 106 cm³/mol. The highest BCUT2D eigenvalue weighted by Crippen LogP contribution is 2.27. The van der Waals surface area contributed by atoms with E-state index < -0.39 is 0 Å². The number of anilines is 1. The summed E-state index contributed by atoms with van der Waals surface area (Å²) < 4.78 is 0. The van der Waals surface area contributed by atoms with E-state index in [0.717, 1.165) is 49.9 Å². The second kappa shape index (κ2) is 7.60. The van der Waals surface area contributed by atoms with Gasteiger partial charge in [0.1, 0.15) is 0 Å². The van der Waals surface area contributed by atoms with Crippen molar-refractivity contribution in [1.82, 2.24) is 15.1 Å². The molecule has 6 heteroatoms. The Labute approximate surface area is 157 Å². The largest absolute Gasteiger partial charge is 0.368 e. The van der Waals surface area contributed by atoms with Gasteiger partial charge < -0.3 is 4.90 Å². The quantitative estimate of drug-likeness (QED) is 0.730. The summed E-state index contributed by atoms with van der Waals surface area (Å²) in [7, 11) is 0. The van der Waals surface area contributed by atoms with Crippen molar-refractivity contribution in [2.75, 3.05) is 37.6 Å². The molecule has 1 aliphatic heterocycles. The molecular weight excluding hydrogens is 352 g/mol. The van der Waals surface area contributed by atoms with Crippen LogP contribution in [0.3, 0.4) is 0 Å². The van der Waals surface area contributed by atoms with E-state index in [1.165, 1.54) is 16.1 Å². The highest BCUT2D eigenvalue weighted by molar-refractivity contribution is 7.13. The number of hydrogen-bond acceptors (Lipinski definition) is 4. The molecule has 0 atom stereocenters. The molecule has 0 radical (unpaired) electrons. The van der Waals surface area contributed by atoms with Gasteiger partial charge in [0.25, 0.3) is 0 Å². The van der Waals surface area contributed by atoms with Gasteiger partial charge in [-0.05, 0) is 35.6 Å². The predicted octanol–water partition coefficient (Wildman–Crippen LogP) is 4.16. The number of nitrogens with one attached hydrogen (secondary N) is 1. The number of aromatic amines is 1. The van der Waals surface area contributed by atoms with Gasteiger partial charge in [-0.15, -0.1) is 11.3 Å². The molecule has 4 nitrogen and oxygen atoms in total. The first-order valence-electron chi connectivity index (χ1n) is 8.59. The Balaban J connectivity index is 1.33. The normalized spacial score (nSPS) is 15.6. The summed E-state index contributed by atoms with van der Waals surface area (Å²) in [6.07, 6.45) is 2.99. The molecule has 1 fully saturated rings. The van der Waals surface area contributed by atoms with E-state index in [1.807, 2.05) is 18.3 Å². The van der Waals surface area contributed by atoms with Crippen LogP contribution in [0.25, 0.3) is 10.6 Å². The summed E-state index contributed by atoms with van der Waals surface area (Å²) in [6.45, 7) is 5.24. The Morgan fingerprint density at radius 2 is 1.92 bits per heavy atom. The fourth-order valence-corrected chi connectivity index (χ4v) is 4.34. The highest BCUT2D eigenvalue weighted by atomic mass is 35.5. The van der Waals surface area contributed by atoms with Gasteiger partial charge in [0.2, 0.25) is 0 Å². The van der Waals surface area contributed by atoms with Gasteiger partial charge in [0.05, 0.1) is 27.5 Å². The maximum atomic E-state index is 6.32. The zero-order valence-electron chi connectivity index (χ0n) is 14.0. The summed E-state index contributed by atoms with van der Waals surface area (Å²) >= 11 is 8.08. The van der Waals surface area contributed by atoms with Crippen molar-refractivity contribution < 1.29 is 0 Å². The number of halogens is 1. The van der Waals surface area contributed by atoms with Gasteiger partial charge in [-0.3, -0.25) is 10.00 Å². The van der Waals surface area contributed by atoms with Gasteiger partial charge in [-0.1, -0.05) is 29.8 Å². The molecule has 0 unspecified atom stereocenters. The molecule has 1 aromatic carbocycles. The third kappa shape index (κ3) is 3.73. The molecule has 0 spiro atoms. The Bertz CT molecular complexity index is 806. The number of nitrogens with zero attached hydrogens (tertiary/aromatic N) is 3. The Morgan fingerprint density at radius 1 is 1.08 bits per heavy atom. The van der Waals surface area contributed by atoms with Crippen LogP contribution in [-0.4, -0.2) is 47.8 Å². The standard InChI is InChI=1S/C19H21ClN4S/c20-16-4-1-2-5-17(16)24-11-9-23(10-12-24)8-7-15-14-21-22-19(15)18-6-3-13-25-18/h1-6,13-14H,7-12H2,(H,21,22). The van der Waals surface area contributed by atoms with Crippen LogP contribution in [-0.2, 0) is 6.42 Å². The van der Waals surface area contributed by atoms with Gasteiger partial charge >= 0.3 is 0 Å². The zero-order valence-corrected chi connectivity index (χ0v) is 15.6. The van der Waals surface area contributed by atoms with E-state index >= 15 is 0 Å². The van der Waals surface area contributed by atoms with E-state index in [4.69, 9.17) is 11.6 Å². The lowest BCUT2D eigenvalue weighted by molar-refractivity contribution is 0.261. The van der Waals surface area contributed by atoms with Crippen LogP contribution in [0.4, 0.5) is 5.69 Å². The van der Waals surface area contributed by atoms with Gasteiger partial charge in [0, 0.05) is 32.7 Å². The second-order valence-electron chi connectivity index (χ2n) is 6.28. The lowest BCUT2D eigenvalue weighted by atomic mass is 10.1. The minimum atomic E-state index is 0.843. The van der Waals surface area contributed by atoms with Crippen LogP contribution >= 0.6 is 22.9 Å². The molecule has 1 aliphatic rings. The number of rotatable bonds is 5. The smallest absolute Gasteiger partial charge is 0.0782 e. The maximum absolute atomic E-state index is 6.32. The Hall–Kier alpha value is -1.82. The molecule has 2 aromatic heterocycles. The minimum absolute atomic E-state index is 0.843. The van der Waals surface area contributed by atoms with E-state index in [0.29, 0.717) is 0 Å². The monoisotopic (exact) mass is 372 g/mol.